The van der Waals surface area contributed by atoms with E-state index in [1.165, 1.54) is 16.6 Å². The first-order valence-electron chi connectivity index (χ1n) is 8.62. The molecule has 1 atom stereocenters. The summed E-state index contributed by atoms with van der Waals surface area (Å²) in [4.78, 5) is 12.7. The van der Waals surface area contributed by atoms with Crippen molar-refractivity contribution in [2.75, 3.05) is 6.54 Å². The molecule has 1 unspecified atom stereocenters. The number of aromatic nitrogens is 4. The summed E-state index contributed by atoms with van der Waals surface area (Å²) in [6.45, 7) is 4.58. The number of hydrogen-bond donors (Lipinski definition) is 2. The van der Waals surface area contributed by atoms with Crippen LogP contribution in [0.15, 0.2) is 48.8 Å². The second-order valence-corrected chi connectivity index (χ2v) is 6.99. The lowest BCUT2D eigenvalue weighted by molar-refractivity contribution is 0.0951. The summed E-state index contributed by atoms with van der Waals surface area (Å²) in [6, 6.07) is 12.8. The Labute approximate surface area is 174 Å². The maximum atomic E-state index is 12.7. The van der Waals surface area contributed by atoms with E-state index in [1.54, 1.807) is 18.2 Å². The average molecular weight is 421 g/mol. The van der Waals surface area contributed by atoms with Gasteiger partial charge in [-0.2, -0.15) is 4.68 Å². The normalized spacial score (nSPS) is 11.8. The van der Waals surface area contributed by atoms with E-state index in [9.17, 15) is 4.79 Å². The highest BCUT2D eigenvalue weighted by Gasteiger charge is 2.16. The fourth-order valence-electron chi connectivity index (χ4n) is 2.71. The Morgan fingerprint density at radius 3 is 2.46 bits per heavy atom. The van der Waals surface area contributed by atoms with Crippen LogP contribution in [0, 0.1) is 0 Å². The lowest BCUT2D eigenvalue weighted by Gasteiger charge is -2.15. The van der Waals surface area contributed by atoms with Crippen molar-refractivity contribution in [3.05, 3.63) is 70.5 Å². The van der Waals surface area contributed by atoms with Crippen LogP contribution in [0.5, 0.6) is 0 Å². The van der Waals surface area contributed by atoms with Gasteiger partial charge in [-0.1, -0.05) is 49.7 Å². The number of halogens is 2. The molecule has 148 valence electrons. The molecule has 0 bridgehead atoms. The largest absolute Gasteiger partial charge is 0.350 e. The van der Waals surface area contributed by atoms with E-state index < -0.39 is 0 Å². The van der Waals surface area contributed by atoms with Gasteiger partial charge in [0.15, 0.2) is 0 Å². The van der Waals surface area contributed by atoms with Gasteiger partial charge >= 0.3 is 0 Å². The van der Waals surface area contributed by atoms with Crippen molar-refractivity contribution in [2.45, 2.75) is 25.8 Å². The Morgan fingerprint density at radius 2 is 1.86 bits per heavy atom. The summed E-state index contributed by atoms with van der Waals surface area (Å²) in [5.41, 5.74) is 9.36. The summed E-state index contributed by atoms with van der Waals surface area (Å²) in [7, 11) is 0. The number of nitrogens with one attached hydrogen (secondary N) is 1. The van der Waals surface area contributed by atoms with Gasteiger partial charge in [0.2, 0.25) is 0 Å². The van der Waals surface area contributed by atoms with E-state index in [0.29, 0.717) is 28.7 Å². The number of carbonyl (C=O) groups excluding carboxylic acids is 1. The SMILES string of the molecule is CC(C)c1ccc(C(N)CNC(=O)c2cc(Cl)ccc2-n2cnnn2)cc1.Cl. The number of hydrogen-bond acceptors (Lipinski definition) is 5. The van der Waals surface area contributed by atoms with Gasteiger partial charge in [0.05, 0.1) is 11.3 Å². The standard InChI is InChI=1S/C19H21ClN6O.ClH/c1-12(2)13-3-5-14(6-4-13)17(21)10-22-19(27)16-9-15(20)7-8-18(16)26-11-23-24-25-26;/h3-9,11-12,17H,10,21H2,1-2H3,(H,22,27);1H. The van der Waals surface area contributed by atoms with Crippen LogP contribution in [-0.2, 0) is 0 Å². The number of nitrogens with two attached hydrogens (primary N) is 1. The topological polar surface area (TPSA) is 98.7 Å². The van der Waals surface area contributed by atoms with Gasteiger partial charge in [-0.25, -0.2) is 0 Å². The summed E-state index contributed by atoms with van der Waals surface area (Å²) < 4.78 is 1.41. The first-order chi connectivity index (χ1) is 13.0. The van der Waals surface area contributed by atoms with Crippen molar-refractivity contribution in [2.24, 2.45) is 5.73 Å². The van der Waals surface area contributed by atoms with E-state index in [0.717, 1.165) is 5.56 Å². The first kappa shape index (κ1) is 21.8. The Kier molecular flexibility index (Phi) is 7.51. The number of rotatable bonds is 6. The molecule has 0 radical (unpaired) electrons. The Hall–Kier alpha value is -2.48. The van der Waals surface area contributed by atoms with Crippen molar-refractivity contribution in [3.8, 4) is 5.69 Å². The van der Waals surface area contributed by atoms with Gasteiger partial charge < -0.3 is 11.1 Å². The van der Waals surface area contributed by atoms with Crippen LogP contribution in [0.4, 0.5) is 0 Å². The van der Waals surface area contributed by atoms with Gasteiger partial charge in [0.1, 0.15) is 6.33 Å². The maximum Gasteiger partial charge on any atom is 0.253 e. The van der Waals surface area contributed by atoms with E-state index in [2.05, 4.69) is 46.8 Å². The minimum Gasteiger partial charge on any atom is -0.350 e. The number of nitrogens with zero attached hydrogens (tertiary/aromatic N) is 4. The third kappa shape index (κ3) is 5.07. The number of tetrazole rings is 1. The van der Waals surface area contributed by atoms with Gasteiger partial charge in [-0.15, -0.1) is 17.5 Å². The van der Waals surface area contributed by atoms with Gasteiger partial charge in [0.25, 0.3) is 5.91 Å². The molecule has 0 spiro atoms. The average Bonchev–Trinajstić information content (AvgIpc) is 3.20. The molecule has 9 heteroatoms. The molecule has 3 N–H and O–H groups in total. The molecule has 1 aromatic heterocycles. The summed E-state index contributed by atoms with van der Waals surface area (Å²) in [6.07, 6.45) is 1.42. The predicted molar refractivity (Wildman–Crippen MR) is 111 cm³/mol. The monoisotopic (exact) mass is 420 g/mol. The van der Waals surface area contributed by atoms with Crippen molar-refractivity contribution < 1.29 is 4.79 Å². The molecule has 1 heterocycles. The van der Waals surface area contributed by atoms with Crippen LogP contribution in [-0.4, -0.2) is 32.7 Å². The highest BCUT2D eigenvalue weighted by atomic mass is 35.5. The molecular formula is C19H22Cl2N6O. The summed E-state index contributed by atoms with van der Waals surface area (Å²) in [5, 5.41) is 14.3. The molecular weight excluding hydrogens is 399 g/mol. The van der Waals surface area contributed by atoms with E-state index in [1.807, 2.05) is 12.1 Å². The Morgan fingerprint density at radius 1 is 1.18 bits per heavy atom. The third-order valence-corrected chi connectivity index (χ3v) is 4.55. The molecule has 0 aliphatic heterocycles. The zero-order valence-corrected chi connectivity index (χ0v) is 17.1. The van der Waals surface area contributed by atoms with Crippen molar-refractivity contribution in [1.82, 2.24) is 25.5 Å². The number of benzene rings is 2. The van der Waals surface area contributed by atoms with Crippen molar-refractivity contribution in [1.29, 1.82) is 0 Å². The van der Waals surface area contributed by atoms with Crippen molar-refractivity contribution >= 4 is 29.9 Å². The van der Waals surface area contributed by atoms with E-state index in [4.69, 9.17) is 17.3 Å². The molecule has 3 aromatic rings. The minimum atomic E-state index is -0.314. The quantitative estimate of drug-likeness (QED) is 0.637. The van der Waals surface area contributed by atoms with Crippen LogP contribution in [0.3, 0.4) is 0 Å². The van der Waals surface area contributed by atoms with Crippen LogP contribution >= 0.6 is 24.0 Å². The smallest absolute Gasteiger partial charge is 0.253 e. The summed E-state index contributed by atoms with van der Waals surface area (Å²) in [5.74, 6) is 0.166. The molecule has 2 aromatic carbocycles. The molecule has 7 nitrogen and oxygen atoms in total. The minimum absolute atomic E-state index is 0. The van der Waals surface area contributed by atoms with Gasteiger partial charge in [-0.3, -0.25) is 4.79 Å². The second kappa shape index (κ2) is 9.64. The van der Waals surface area contributed by atoms with Gasteiger partial charge in [-0.05, 0) is 45.7 Å². The zero-order valence-electron chi connectivity index (χ0n) is 15.5. The molecule has 0 fully saturated rings. The number of amides is 1. The second-order valence-electron chi connectivity index (χ2n) is 6.55. The third-order valence-electron chi connectivity index (χ3n) is 4.31. The molecule has 3 rings (SSSR count). The van der Waals surface area contributed by atoms with E-state index >= 15 is 0 Å². The fourth-order valence-corrected chi connectivity index (χ4v) is 2.88. The molecule has 28 heavy (non-hydrogen) atoms. The number of carbonyl (C=O) groups is 1. The Balaban J connectivity index is 0.00000280. The molecule has 0 saturated carbocycles. The lowest BCUT2D eigenvalue weighted by Crippen LogP contribution is -2.32. The fraction of sp³-hybridized carbons (Fsp3) is 0.263. The Bertz CT molecular complexity index is 913. The molecule has 0 saturated heterocycles. The molecule has 0 aliphatic rings. The van der Waals surface area contributed by atoms with Crippen molar-refractivity contribution in [3.63, 3.8) is 0 Å². The summed E-state index contributed by atoms with van der Waals surface area (Å²) >= 11 is 6.06. The van der Waals surface area contributed by atoms with Crippen LogP contribution in [0.1, 0.15) is 47.3 Å². The lowest BCUT2D eigenvalue weighted by atomic mass is 9.99. The van der Waals surface area contributed by atoms with Gasteiger partial charge in [0, 0.05) is 17.6 Å². The van der Waals surface area contributed by atoms with E-state index in [-0.39, 0.29) is 24.4 Å². The predicted octanol–water partition coefficient (Wildman–Crippen LogP) is 3.29. The van der Waals surface area contributed by atoms with Crippen LogP contribution in [0.2, 0.25) is 5.02 Å². The highest BCUT2D eigenvalue weighted by Crippen LogP contribution is 2.20. The first-order valence-corrected chi connectivity index (χ1v) is 9.00. The van der Waals surface area contributed by atoms with Crippen LogP contribution in [0.25, 0.3) is 5.69 Å². The molecule has 1 amide bonds. The highest BCUT2D eigenvalue weighted by molar-refractivity contribution is 6.31. The van der Waals surface area contributed by atoms with Crippen LogP contribution < -0.4 is 11.1 Å². The molecule has 0 aliphatic carbocycles. The maximum absolute atomic E-state index is 12.7. The zero-order chi connectivity index (χ0) is 19.4.